The number of hydrogen-bond acceptors (Lipinski definition) is 6. The highest BCUT2D eigenvalue weighted by Gasteiger charge is 2.12. The van der Waals surface area contributed by atoms with Gasteiger partial charge in [-0.2, -0.15) is 0 Å². The Kier molecular flexibility index (Phi) is 6.49. The van der Waals surface area contributed by atoms with Crippen molar-refractivity contribution in [1.29, 1.82) is 0 Å². The van der Waals surface area contributed by atoms with E-state index in [0.29, 0.717) is 11.4 Å². The first-order valence-electron chi connectivity index (χ1n) is 10.3. The summed E-state index contributed by atoms with van der Waals surface area (Å²) in [4.78, 5) is 18.3. The zero-order valence-corrected chi connectivity index (χ0v) is 16.8. The lowest BCUT2D eigenvalue weighted by Gasteiger charge is -2.20. The van der Waals surface area contributed by atoms with Gasteiger partial charge in [-0.05, 0) is 49.2 Å². The van der Waals surface area contributed by atoms with Crippen molar-refractivity contribution in [3.05, 3.63) is 60.9 Å². The summed E-state index contributed by atoms with van der Waals surface area (Å²) < 4.78 is 5.41. The number of carbonyl (C=O) groups excluding carboxylic acids is 1. The number of carbonyl (C=O) groups is 1. The molecule has 3 aromatic rings. The molecule has 3 heterocycles. The van der Waals surface area contributed by atoms with Crippen LogP contribution in [0.2, 0.25) is 0 Å². The molecule has 0 spiro atoms. The summed E-state index contributed by atoms with van der Waals surface area (Å²) in [6, 6.07) is 15.1. The van der Waals surface area contributed by atoms with E-state index in [1.54, 1.807) is 24.5 Å². The Morgan fingerprint density at radius 2 is 1.77 bits per heavy atom. The molecule has 0 bridgehead atoms. The molecule has 1 aromatic carbocycles. The van der Waals surface area contributed by atoms with Crippen molar-refractivity contribution < 1.29 is 9.53 Å². The minimum Gasteiger partial charge on any atom is -0.482 e. The van der Waals surface area contributed by atoms with Crippen LogP contribution in [0.15, 0.2) is 60.9 Å². The van der Waals surface area contributed by atoms with E-state index in [9.17, 15) is 4.79 Å². The summed E-state index contributed by atoms with van der Waals surface area (Å²) in [5, 5.41) is 11.7. The molecular formula is C23H25N5O2. The first-order valence-corrected chi connectivity index (χ1v) is 10.3. The molecule has 1 aliphatic heterocycles. The highest BCUT2D eigenvalue weighted by atomic mass is 16.5. The number of aromatic nitrogens is 3. The van der Waals surface area contributed by atoms with Crippen LogP contribution in [0.5, 0.6) is 5.75 Å². The average molecular weight is 403 g/mol. The van der Waals surface area contributed by atoms with Gasteiger partial charge in [0.25, 0.3) is 5.91 Å². The second kappa shape index (κ2) is 9.82. The van der Waals surface area contributed by atoms with Crippen LogP contribution in [-0.2, 0) is 4.79 Å². The molecule has 2 aromatic heterocycles. The van der Waals surface area contributed by atoms with Gasteiger partial charge in [-0.3, -0.25) is 9.78 Å². The molecule has 0 saturated carbocycles. The van der Waals surface area contributed by atoms with E-state index in [1.807, 2.05) is 36.4 Å². The minimum atomic E-state index is -0.229. The summed E-state index contributed by atoms with van der Waals surface area (Å²) in [6.45, 7) is 2.02. The fourth-order valence-electron chi connectivity index (χ4n) is 3.45. The van der Waals surface area contributed by atoms with Crippen LogP contribution >= 0.6 is 0 Å². The Labute approximate surface area is 176 Å². The summed E-state index contributed by atoms with van der Waals surface area (Å²) in [6.07, 6.45) is 8.23. The second-order valence-electron chi connectivity index (χ2n) is 7.28. The molecule has 7 nitrogen and oxygen atoms in total. The van der Waals surface area contributed by atoms with Gasteiger partial charge in [-0.1, -0.05) is 25.0 Å². The monoisotopic (exact) mass is 403 g/mol. The van der Waals surface area contributed by atoms with Crippen LogP contribution in [0.3, 0.4) is 0 Å². The fourth-order valence-corrected chi connectivity index (χ4v) is 3.45. The van der Waals surface area contributed by atoms with Crippen molar-refractivity contribution >= 4 is 17.4 Å². The molecule has 154 valence electrons. The summed E-state index contributed by atoms with van der Waals surface area (Å²) in [5.41, 5.74) is 2.47. The smallest absolute Gasteiger partial charge is 0.262 e. The van der Waals surface area contributed by atoms with Gasteiger partial charge >= 0.3 is 0 Å². The SMILES string of the molecule is O=C(COc1cccnc1)Nc1ccc(-c2ccc(N3CCCCCC3)nn2)cc1. The quantitative estimate of drug-likeness (QED) is 0.672. The highest BCUT2D eigenvalue weighted by molar-refractivity contribution is 5.92. The van der Waals surface area contributed by atoms with Crippen LogP contribution in [-0.4, -0.2) is 40.8 Å². The van der Waals surface area contributed by atoms with Gasteiger partial charge in [0, 0.05) is 30.5 Å². The summed E-state index contributed by atoms with van der Waals surface area (Å²) in [7, 11) is 0. The summed E-state index contributed by atoms with van der Waals surface area (Å²) >= 11 is 0. The molecule has 0 atom stereocenters. The third-order valence-corrected chi connectivity index (χ3v) is 5.05. The molecule has 1 amide bonds. The van der Waals surface area contributed by atoms with Crippen LogP contribution in [0.1, 0.15) is 25.7 Å². The maximum Gasteiger partial charge on any atom is 0.262 e. The fraction of sp³-hybridized carbons (Fsp3) is 0.304. The number of amides is 1. The molecule has 1 aliphatic rings. The molecular weight excluding hydrogens is 378 g/mol. The zero-order valence-electron chi connectivity index (χ0n) is 16.8. The number of nitrogens with one attached hydrogen (secondary N) is 1. The predicted molar refractivity (Wildman–Crippen MR) is 117 cm³/mol. The van der Waals surface area contributed by atoms with Gasteiger partial charge in [-0.25, -0.2) is 0 Å². The Morgan fingerprint density at radius 3 is 2.43 bits per heavy atom. The van der Waals surface area contributed by atoms with Gasteiger partial charge < -0.3 is 15.0 Å². The van der Waals surface area contributed by atoms with Gasteiger partial charge in [0.1, 0.15) is 5.75 Å². The Balaban J connectivity index is 1.33. The van der Waals surface area contributed by atoms with Gasteiger partial charge in [0.15, 0.2) is 12.4 Å². The van der Waals surface area contributed by atoms with E-state index in [4.69, 9.17) is 4.74 Å². The van der Waals surface area contributed by atoms with Crippen LogP contribution < -0.4 is 15.0 Å². The lowest BCUT2D eigenvalue weighted by molar-refractivity contribution is -0.118. The highest BCUT2D eigenvalue weighted by Crippen LogP contribution is 2.22. The number of hydrogen-bond donors (Lipinski definition) is 1. The van der Waals surface area contributed by atoms with Gasteiger partial charge in [0.2, 0.25) is 0 Å². The van der Waals surface area contributed by atoms with Crippen molar-refractivity contribution in [2.24, 2.45) is 0 Å². The molecule has 1 N–H and O–H groups in total. The van der Waals surface area contributed by atoms with E-state index in [-0.39, 0.29) is 12.5 Å². The third-order valence-electron chi connectivity index (χ3n) is 5.05. The topological polar surface area (TPSA) is 80.2 Å². The average Bonchev–Trinajstić information content (AvgIpc) is 3.09. The Hall–Kier alpha value is -3.48. The number of nitrogens with zero attached hydrogens (tertiary/aromatic N) is 4. The Bertz CT molecular complexity index is 938. The molecule has 0 radical (unpaired) electrons. The number of anilines is 2. The largest absolute Gasteiger partial charge is 0.482 e. The zero-order chi connectivity index (χ0) is 20.6. The lowest BCUT2D eigenvalue weighted by Crippen LogP contribution is -2.25. The van der Waals surface area contributed by atoms with E-state index in [2.05, 4.69) is 25.4 Å². The predicted octanol–water partition coefficient (Wildman–Crippen LogP) is 3.94. The minimum absolute atomic E-state index is 0.0725. The Morgan fingerprint density at radius 1 is 0.967 bits per heavy atom. The van der Waals surface area contributed by atoms with E-state index in [1.165, 1.54) is 25.7 Å². The molecule has 0 aliphatic carbocycles. The maximum absolute atomic E-state index is 12.1. The van der Waals surface area contributed by atoms with Crippen LogP contribution in [0.4, 0.5) is 11.5 Å². The molecule has 0 unspecified atom stereocenters. The number of benzene rings is 1. The van der Waals surface area contributed by atoms with Crippen molar-refractivity contribution in [2.45, 2.75) is 25.7 Å². The maximum atomic E-state index is 12.1. The van der Waals surface area contributed by atoms with Gasteiger partial charge in [-0.15, -0.1) is 10.2 Å². The second-order valence-corrected chi connectivity index (χ2v) is 7.28. The molecule has 7 heteroatoms. The van der Waals surface area contributed by atoms with E-state index >= 15 is 0 Å². The molecule has 30 heavy (non-hydrogen) atoms. The first-order chi connectivity index (χ1) is 14.8. The van der Waals surface area contributed by atoms with Crippen LogP contribution in [0, 0.1) is 0 Å². The molecule has 1 saturated heterocycles. The number of ether oxygens (including phenoxy) is 1. The van der Waals surface area contributed by atoms with Crippen LogP contribution in [0.25, 0.3) is 11.3 Å². The van der Waals surface area contributed by atoms with E-state index in [0.717, 1.165) is 30.2 Å². The third kappa shape index (κ3) is 5.31. The molecule has 4 rings (SSSR count). The van der Waals surface area contributed by atoms with E-state index < -0.39 is 0 Å². The lowest BCUT2D eigenvalue weighted by atomic mass is 10.1. The number of rotatable bonds is 6. The van der Waals surface area contributed by atoms with Crippen molar-refractivity contribution in [3.8, 4) is 17.0 Å². The standard InChI is InChI=1S/C23H25N5O2/c29-23(17-30-20-6-5-13-24-16-20)25-19-9-7-18(8-10-19)21-11-12-22(27-26-21)28-14-3-1-2-4-15-28/h5-13,16H,1-4,14-15,17H2,(H,25,29). The molecule has 1 fully saturated rings. The summed E-state index contributed by atoms with van der Waals surface area (Å²) in [5.74, 6) is 1.27. The van der Waals surface area contributed by atoms with Crippen molar-refractivity contribution in [2.75, 3.05) is 29.9 Å². The number of pyridine rings is 1. The normalized spacial score (nSPS) is 14.1. The first kappa shape index (κ1) is 19.8. The van der Waals surface area contributed by atoms with Crippen molar-refractivity contribution in [3.63, 3.8) is 0 Å². The van der Waals surface area contributed by atoms with Gasteiger partial charge in [0.05, 0.1) is 11.9 Å². The van der Waals surface area contributed by atoms with Crippen molar-refractivity contribution in [1.82, 2.24) is 15.2 Å².